The monoisotopic (exact) mass is 336 g/mol. The van der Waals surface area contributed by atoms with E-state index in [1.807, 2.05) is 19.1 Å². The largest absolute Gasteiger partial charge is 0.495 e. The molecule has 0 saturated heterocycles. The quantitative estimate of drug-likeness (QED) is 0.717. The first-order valence-corrected chi connectivity index (χ1v) is 7.69. The van der Waals surface area contributed by atoms with E-state index >= 15 is 0 Å². The van der Waals surface area contributed by atoms with Crippen LogP contribution >= 0.6 is 11.6 Å². The molecule has 0 saturated carbocycles. The Kier molecular flexibility index (Phi) is 6.43. The first-order chi connectivity index (χ1) is 11.1. The van der Waals surface area contributed by atoms with Gasteiger partial charge in [0.05, 0.1) is 12.8 Å². The lowest BCUT2D eigenvalue weighted by molar-refractivity contribution is 0.197. The summed E-state index contributed by atoms with van der Waals surface area (Å²) in [6, 6.07) is 7.24. The van der Waals surface area contributed by atoms with Gasteiger partial charge in [-0.15, -0.1) is 0 Å². The van der Waals surface area contributed by atoms with Crippen molar-refractivity contribution in [3.8, 4) is 5.75 Å². The summed E-state index contributed by atoms with van der Waals surface area (Å²) in [6.45, 7) is 3.36. The molecule has 0 aliphatic rings. The van der Waals surface area contributed by atoms with Gasteiger partial charge in [-0.2, -0.15) is 4.98 Å². The minimum absolute atomic E-state index is 0.574. The molecule has 7 heteroatoms. The highest BCUT2D eigenvalue weighted by atomic mass is 35.5. The van der Waals surface area contributed by atoms with Crippen molar-refractivity contribution in [2.75, 3.05) is 38.0 Å². The van der Waals surface area contributed by atoms with Crippen LogP contribution in [-0.4, -0.2) is 37.3 Å². The number of hydrogen-bond acceptors (Lipinski definition) is 6. The fourth-order valence-corrected chi connectivity index (χ4v) is 2.22. The number of methoxy groups -OCH3 is 2. The molecule has 0 unspecified atom stereocenters. The number of nitrogens with zero attached hydrogens (tertiary/aromatic N) is 2. The van der Waals surface area contributed by atoms with Crippen molar-refractivity contribution in [1.82, 2.24) is 9.97 Å². The molecule has 0 bridgehead atoms. The first kappa shape index (κ1) is 17.3. The van der Waals surface area contributed by atoms with Gasteiger partial charge in [-0.05, 0) is 31.5 Å². The van der Waals surface area contributed by atoms with Crippen molar-refractivity contribution in [3.05, 3.63) is 35.0 Å². The Bertz CT molecular complexity index is 652. The summed E-state index contributed by atoms with van der Waals surface area (Å²) in [5.41, 5.74) is 1.61. The van der Waals surface area contributed by atoms with Crippen LogP contribution in [0.5, 0.6) is 5.75 Å². The van der Waals surface area contributed by atoms with E-state index in [2.05, 4.69) is 20.6 Å². The zero-order valence-electron chi connectivity index (χ0n) is 13.5. The number of aryl methyl sites for hydroxylation is 1. The van der Waals surface area contributed by atoms with Crippen LogP contribution < -0.4 is 15.4 Å². The third kappa shape index (κ3) is 5.26. The highest BCUT2D eigenvalue weighted by molar-refractivity contribution is 6.31. The number of hydrogen-bond donors (Lipinski definition) is 2. The van der Waals surface area contributed by atoms with Crippen LogP contribution in [0.2, 0.25) is 5.02 Å². The van der Waals surface area contributed by atoms with E-state index in [0.717, 1.165) is 24.3 Å². The number of nitrogens with one attached hydrogen (secondary N) is 2. The van der Waals surface area contributed by atoms with Gasteiger partial charge in [-0.3, -0.25) is 0 Å². The predicted molar refractivity (Wildman–Crippen MR) is 93.0 cm³/mol. The van der Waals surface area contributed by atoms with Gasteiger partial charge >= 0.3 is 0 Å². The highest BCUT2D eigenvalue weighted by Gasteiger charge is 2.07. The molecule has 124 valence electrons. The molecular weight excluding hydrogens is 316 g/mol. The predicted octanol–water partition coefficient (Wildman–Crippen LogP) is 3.64. The molecule has 1 heterocycles. The van der Waals surface area contributed by atoms with Gasteiger partial charge in [-0.1, -0.05) is 11.6 Å². The Morgan fingerprint density at radius 3 is 2.74 bits per heavy atom. The lowest BCUT2D eigenvalue weighted by Crippen LogP contribution is -2.09. The zero-order chi connectivity index (χ0) is 16.7. The summed E-state index contributed by atoms with van der Waals surface area (Å²) < 4.78 is 10.4. The molecule has 1 aromatic carbocycles. The third-order valence-electron chi connectivity index (χ3n) is 3.09. The molecule has 2 aromatic rings. The maximum absolute atomic E-state index is 6.05. The second kappa shape index (κ2) is 8.55. The highest BCUT2D eigenvalue weighted by Crippen LogP contribution is 2.30. The molecular formula is C16H21ClN4O2. The second-order valence-corrected chi connectivity index (χ2v) is 5.40. The standard InChI is InChI=1S/C16H21ClN4O2/c1-11-9-15(21-16(19-11)18-7-4-8-22-2)20-13-10-12(17)5-6-14(13)23-3/h5-6,9-10H,4,7-8H2,1-3H3,(H2,18,19,20,21). The number of anilines is 3. The molecule has 2 rings (SSSR count). The van der Waals surface area contributed by atoms with Crippen LogP contribution in [0.25, 0.3) is 0 Å². The average molecular weight is 337 g/mol. The molecule has 0 radical (unpaired) electrons. The van der Waals surface area contributed by atoms with Crippen LogP contribution in [0.1, 0.15) is 12.1 Å². The lowest BCUT2D eigenvalue weighted by atomic mass is 10.3. The van der Waals surface area contributed by atoms with Crippen molar-refractivity contribution in [2.24, 2.45) is 0 Å². The summed E-state index contributed by atoms with van der Waals surface area (Å²) in [5, 5.41) is 7.03. The van der Waals surface area contributed by atoms with Crippen molar-refractivity contribution in [3.63, 3.8) is 0 Å². The fraction of sp³-hybridized carbons (Fsp3) is 0.375. The Balaban J connectivity index is 2.13. The van der Waals surface area contributed by atoms with Gasteiger partial charge in [0.1, 0.15) is 11.6 Å². The molecule has 0 fully saturated rings. The van der Waals surface area contributed by atoms with E-state index < -0.39 is 0 Å². The van der Waals surface area contributed by atoms with Crippen LogP contribution in [0, 0.1) is 6.92 Å². The van der Waals surface area contributed by atoms with E-state index in [1.54, 1.807) is 26.4 Å². The van der Waals surface area contributed by atoms with Gasteiger partial charge in [-0.25, -0.2) is 4.98 Å². The van der Waals surface area contributed by atoms with E-state index in [-0.39, 0.29) is 0 Å². The first-order valence-electron chi connectivity index (χ1n) is 7.31. The molecule has 0 spiro atoms. The van der Waals surface area contributed by atoms with Crippen LogP contribution in [0.4, 0.5) is 17.5 Å². The molecule has 6 nitrogen and oxygen atoms in total. The Morgan fingerprint density at radius 1 is 1.17 bits per heavy atom. The van der Waals surface area contributed by atoms with Crippen molar-refractivity contribution in [2.45, 2.75) is 13.3 Å². The fourth-order valence-electron chi connectivity index (χ4n) is 2.04. The maximum Gasteiger partial charge on any atom is 0.224 e. The number of ether oxygens (including phenoxy) is 2. The number of halogens is 1. The molecule has 0 aliphatic carbocycles. The SMILES string of the molecule is COCCCNc1nc(C)cc(Nc2cc(Cl)ccc2OC)n1. The molecule has 23 heavy (non-hydrogen) atoms. The summed E-state index contributed by atoms with van der Waals surface area (Å²) in [7, 11) is 3.30. The molecule has 0 aliphatic heterocycles. The smallest absolute Gasteiger partial charge is 0.224 e. The molecule has 0 amide bonds. The summed E-state index contributed by atoms with van der Waals surface area (Å²) >= 11 is 6.05. The van der Waals surface area contributed by atoms with Crippen molar-refractivity contribution in [1.29, 1.82) is 0 Å². The van der Waals surface area contributed by atoms with E-state index in [0.29, 0.717) is 29.1 Å². The van der Waals surface area contributed by atoms with Crippen LogP contribution in [-0.2, 0) is 4.74 Å². The van der Waals surface area contributed by atoms with Crippen molar-refractivity contribution < 1.29 is 9.47 Å². The van der Waals surface area contributed by atoms with Gasteiger partial charge in [0.2, 0.25) is 5.95 Å². The number of rotatable bonds is 8. The second-order valence-electron chi connectivity index (χ2n) is 4.96. The Hall–Kier alpha value is -2.05. The molecule has 1 aromatic heterocycles. The molecule has 0 atom stereocenters. The summed E-state index contributed by atoms with van der Waals surface area (Å²) in [5.74, 6) is 1.94. The molecule has 2 N–H and O–H groups in total. The van der Waals surface area contributed by atoms with E-state index in [4.69, 9.17) is 21.1 Å². The Labute approximate surface area is 141 Å². The van der Waals surface area contributed by atoms with E-state index in [9.17, 15) is 0 Å². The van der Waals surface area contributed by atoms with Gasteiger partial charge in [0, 0.05) is 37.0 Å². The Morgan fingerprint density at radius 2 is 2.00 bits per heavy atom. The van der Waals surface area contributed by atoms with Crippen molar-refractivity contribution >= 4 is 29.1 Å². The zero-order valence-corrected chi connectivity index (χ0v) is 14.3. The minimum atomic E-state index is 0.574. The minimum Gasteiger partial charge on any atom is -0.495 e. The maximum atomic E-state index is 6.05. The van der Waals surface area contributed by atoms with Gasteiger partial charge in [0.25, 0.3) is 0 Å². The summed E-state index contributed by atoms with van der Waals surface area (Å²) in [4.78, 5) is 8.83. The number of benzene rings is 1. The lowest BCUT2D eigenvalue weighted by Gasteiger charge is -2.13. The van der Waals surface area contributed by atoms with Crippen LogP contribution in [0.15, 0.2) is 24.3 Å². The summed E-state index contributed by atoms with van der Waals surface area (Å²) in [6.07, 6.45) is 0.888. The van der Waals surface area contributed by atoms with Crippen LogP contribution in [0.3, 0.4) is 0 Å². The normalized spacial score (nSPS) is 10.4. The third-order valence-corrected chi connectivity index (χ3v) is 3.32. The topological polar surface area (TPSA) is 68.3 Å². The average Bonchev–Trinajstić information content (AvgIpc) is 2.51. The van der Waals surface area contributed by atoms with Gasteiger partial charge in [0.15, 0.2) is 0 Å². The number of aromatic nitrogens is 2. The van der Waals surface area contributed by atoms with E-state index in [1.165, 1.54) is 0 Å². The van der Waals surface area contributed by atoms with Gasteiger partial charge < -0.3 is 20.1 Å².